The molecule has 110 valence electrons. The number of para-hydroxylation sites is 1. The van der Waals surface area contributed by atoms with Gasteiger partial charge in [0.05, 0.1) is 0 Å². The summed E-state index contributed by atoms with van der Waals surface area (Å²) in [6.45, 7) is 5.31. The molecular formula is C19H23NO. The molecule has 1 aliphatic heterocycles. The van der Waals surface area contributed by atoms with Gasteiger partial charge in [0, 0.05) is 18.0 Å². The molecule has 1 atom stereocenters. The van der Waals surface area contributed by atoms with Crippen LogP contribution in [0.25, 0.3) is 0 Å². The molecule has 0 radical (unpaired) electrons. The van der Waals surface area contributed by atoms with E-state index in [1.165, 1.54) is 11.1 Å². The Labute approximate surface area is 127 Å². The zero-order valence-electron chi connectivity index (χ0n) is 12.8. The quantitative estimate of drug-likeness (QED) is 0.910. The van der Waals surface area contributed by atoms with Crippen molar-refractivity contribution in [1.29, 1.82) is 0 Å². The minimum atomic E-state index is -0.112. The largest absolute Gasteiger partial charge is 0.487 e. The van der Waals surface area contributed by atoms with Crippen molar-refractivity contribution in [2.45, 2.75) is 38.3 Å². The first-order valence-corrected chi connectivity index (χ1v) is 7.69. The lowest BCUT2D eigenvalue weighted by molar-refractivity contribution is 0.0662. The lowest BCUT2D eigenvalue weighted by Crippen LogP contribution is -2.39. The van der Waals surface area contributed by atoms with Crippen molar-refractivity contribution < 1.29 is 4.74 Å². The molecular weight excluding hydrogens is 258 g/mol. The first kappa shape index (κ1) is 14.2. The number of rotatable bonds is 4. The van der Waals surface area contributed by atoms with E-state index in [0.29, 0.717) is 6.04 Å². The minimum Gasteiger partial charge on any atom is -0.487 e. The molecule has 2 aromatic carbocycles. The molecule has 0 amide bonds. The van der Waals surface area contributed by atoms with E-state index in [0.717, 1.165) is 25.1 Å². The SMILES string of the molecule is CC1(C)CC(NCCc2ccccc2)c2ccccc2O1. The Bertz CT molecular complexity index is 592. The summed E-state index contributed by atoms with van der Waals surface area (Å²) in [6, 6.07) is 19.4. The van der Waals surface area contributed by atoms with E-state index in [1.807, 2.05) is 6.07 Å². The van der Waals surface area contributed by atoms with Crippen LogP contribution < -0.4 is 10.1 Å². The van der Waals surface area contributed by atoms with Crippen LogP contribution in [0, 0.1) is 0 Å². The van der Waals surface area contributed by atoms with Gasteiger partial charge in [0.15, 0.2) is 0 Å². The molecule has 1 aliphatic rings. The molecule has 0 fully saturated rings. The maximum Gasteiger partial charge on any atom is 0.124 e. The molecule has 21 heavy (non-hydrogen) atoms. The maximum atomic E-state index is 6.07. The van der Waals surface area contributed by atoms with Crippen molar-refractivity contribution in [2.24, 2.45) is 0 Å². The zero-order chi connectivity index (χ0) is 14.7. The minimum absolute atomic E-state index is 0.112. The molecule has 2 heteroatoms. The highest BCUT2D eigenvalue weighted by atomic mass is 16.5. The van der Waals surface area contributed by atoms with Gasteiger partial charge < -0.3 is 10.1 Å². The Morgan fingerprint density at radius 2 is 1.76 bits per heavy atom. The highest BCUT2D eigenvalue weighted by Crippen LogP contribution is 2.39. The molecule has 0 aliphatic carbocycles. The summed E-state index contributed by atoms with van der Waals surface area (Å²) in [4.78, 5) is 0. The predicted octanol–water partition coefficient (Wildman–Crippen LogP) is 4.12. The van der Waals surface area contributed by atoms with E-state index < -0.39 is 0 Å². The summed E-state index contributed by atoms with van der Waals surface area (Å²) < 4.78 is 6.07. The third-order valence-corrected chi connectivity index (χ3v) is 4.02. The molecule has 0 bridgehead atoms. The second-order valence-corrected chi connectivity index (χ2v) is 6.35. The van der Waals surface area contributed by atoms with E-state index >= 15 is 0 Å². The van der Waals surface area contributed by atoms with E-state index in [1.54, 1.807) is 0 Å². The molecule has 0 aromatic heterocycles. The summed E-state index contributed by atoms with van der Waals surface area (Å²) in [5.74, 6) is 1.02. The van der Waals surface area contributed by atoms with Crippen LogP contribution in [0.3, 0.4) is 0 Å². The predicted molar refractivity (Wildman–Crippen MR) is 86.7 cm³/mol. The number of hydrogen-bond acceptors (Lipinski definition) is 2. The highest BCUT2D eigenvalue weighted by Gasteiger charge is 2.32. The van der Waals surface area contributed by atoms with Gasteiger partial charge in [0.2, 0.25) is 0 Å². The number of nitrogens with one attached hydrogen (secondary N) is 1. The standard InChI is InChI=1S/C19H23NO/c1-19(2)14-17(16-10-6-7-11-18(16)21-19)20-13-12-15-8-4-3-5-9-15/h3-11,17,20H,12-14H2,1-2H3. The Morgan fingerprint density at radius 3 is 2.57 bits per heavy atom. The van der Waals surface area contributed by atoms with Crippen LogP contribution in [0.5, 0.6) is 5.75 Å². The Morgan fingerprint density at radius 1 is 1.05 bits per heavy atom. The number of benzene rings is 2. The molecule has 1 heterocycles. The summed E-state index contributed by atoms with van der Waals surface area (Å²) in [5, 5.41) is 3.70. The Balaban J connectivity index is 1.67. The van der Waals surface area contributed by atoms with Crippen LogP contribution in [0.4, 0.5) is 0 Å². The summed E-state index contributed by atoms with van der Waals surface area (Å²) >= 11 is 0. The number of hydrogen-bond donors (Lipinski definition) is 1. The fourth-order valence-corrected chi connectivity index (χ4v) is 3.02. The van der Waals surface area contributed by atoms with Crippen LogP contribution in [0.2, 0.25) is 0 Å². The second kappa shape index (κ2) is 5.90. The molecule has 3 rings (SSSR count). The molecule has 0 spiro atoms. The average molecular weight is 281 g/mol. The Kier molecular flexibility index (Phi) is 3.98. The van der Waals surface area contributed by atoms with Crippen LogP contribution >= 0.6 is 0 Å². The van der Waals surface area contributed by atoms with Gasteiger partial charge >= 0.3 is 0 Å². The molecule has 2 aromatic rings. The smallest absolute Gasteiger partial charge is 0.124 e. The highest BCUT2D eigenvalue weighted by molar-refractivity contribution is 5.38. The first-order valence-electron chi connectivity index (χ1n) is 7.69. The lowest BCUT2D eigenvalue weighted by atomic mass is 9.89. The van der Waals surface area contributed by atoms with E-state index in [2.05, 4.69) is 67.7 Å². The van der Waals surface area contributed by atoms with Crippen molar-refractivity contribution in [2.75, 3.05) is 6.54 Å². The lowest BCUT2D eigenvalue weighted by Gasteiger charge is -2.38. The Hall–Kier alpha value is -1.80. The van der Waals surface area contributed by atoms with E-state index in [9.17, 15) is 0 Å². The van der Waals surface area contributed by atoms with Gasteiger partial charge in [-0.05, 0) is 38.4 Å². The third kappa shape index (κ3) is 3.45. The normalized spacial score (nSPS) is 19.6. The van der Waals surface area contributed by atoms with E-state index in [4.69, 9.17) is 4.74 Å². The zero-order valence-corrected chi connectivity index (χ0v) is 12.8. The van der Waals surface area contributed by atoms with Crippen molar-refractivity contribution in [1.82, 2.24) is 5.32 Å². The summed E-state index contributed by atoms with van der Waals surface area (Å²) in [7, 11) is 0. The molecule has 1 unspecified atom stereocenters. The van der Waals surface area contributed by atoms with Crippen molar-refractivity contribution in [3.8, 4) is 5.75 Å². The molecule has 0 saturated carbocycles. The van der Waals surface area contributed by atoms with Crippen molar-refractivity contribution in [3.63, 3.8) is 0 Å². The van der Waals surface area contributed by atoms with Gasteiger partial charge in [-0.2, -0.15) is 0 Å². The van der Waals surface area contributed by atoms with Gasteiger partial charge in [-0.25, -0.2) is 0 Å². The summed E-state index contributed by atoms with van der Waals surface area (Å²) in [6.07, 6.45) is 2.06. The van der Waals surface area contributed by atoms with Crippen LogP contribution in [0.1, 0.15) is 37.4 Å². The van der Waals surface area contributed by atoms with Gasteiger partial charge in [-0.15, -0.1) is 0 Å². The molecule has 2 nitrogen and oxygen atoms in total. The number of fused-ring (bicyclic) bond motifs is 1. The molecule has 1 N–H and O–H groups in total. The van der Waals surface area contributed by atoms with Gasteiger partial charge in [-0.3, -0.25) is 0 Å². The van der Waals surface area contributed by atoms with Gasteiger partial charge in [0.1, 0.15) is 11.4 Å². The molecule has 0 saturated heterocycles. The fourth-order valence-electron chi connectivity index (χ4n) is 3.02. The average Bonchev–Trinajstić information content (AvgIpc) is 2.47. The third-order valence-electron chi connectivity index (χ3n) is 4.02. The monoisotopic (exact) mass is 281 g/mol. The first-order chi connectivity index (χ1) is 10.1. The van der Waals surface area contributed by atoms with Crippen LogP contribution in [-0.4, -0.2) is 12.1 Å². The van der Waals surface area contributed by atoms with E-state index in [-0.39, 0.29) is 5.60 Å². The second-order valence-electron chi connectivity index (χ2n) is 6.35. The van der Waals surface area contributed by atoms with Crippen LogP contribution in [-0.2, 0) is 6.42 Å². The fraction of sp³-hybridized carbons (Fsp3) is 0.368. The van der Waals surface area contributed by atoms with Crippen LogP contribution in [0.15, 0.2) is 54.6 Å². The van der Waals surface area contributed by atoms with Crippen molar-refractivity contribution in [3.05, 3.63) is 65.7 Å². The topological polar surface area (TPSA) is 21.3 Å². The summed E-state index contributed by atoms with van der Waals surface area (Å²) in [5.41, 5.74) is 2.55. The van der Waals surface area contributed by atoms with Gasteiger partial charge in [0.25, 0.3) is 0 Å². The van der Waals surface area contributed by atoms with Crippen molar-refractivity contribution >= 4 is 0 Å². The number of ether oxygens (including phenoxy) is 1. The maximum absolute atomic E-state index is 6.07. The van der Waals surface area contributed by atoms with Gasteiger partial charge in [-0.1, -0.05) is 48.5 Å².